The molecule has 1 aromatic carbocycles. The fourth-order valence-electron chi connectivity index (χ4n) is 2.37. The molecule has 3 rings (SSSR count). The molecule has 108 valence electrons. The number of aryl methyl sites for hydroxylation is 2. The number of rotatable bonds is 3. The second-order valence-corrected chi connectivity index (χ2v) is 5.61. The molecule has 0 saturated heterocycles. The van der Waals surface area contributed by atoms with Gasteiger partial charge in [0.15, 0.2) is 0 Å². The van der Waals surface area contributed by atoms with Gasteiger partial charge in [0.25, 0.3) is 0 Å². The molecule has 1 atom stereocenters. The summed E-state index contributed by atoms with van der Waals surface area (Å²) in [6.07, 6.45) is 6.21. The lowest BCUT2D eigenvalue weighted by molar-refractivity contribution is 0.730. The Kier molecular flexibility index (Phi) is 3.43. The molecule has 0 fully saturated rings. The molecule has 21 heavy (non-hydrogen) atoms. The second-order valence-electron chi connectivity index (χ2n) is 5.61. The summed E-state index contributed by atoms with van der Waals surface area (Å²) in [5.74, 6) is 0.633. The van der Waals surface area contributed by atoms with E-state index in [1.807, 2.05) is 23.9 Å². The molecule has 5 heteroatoms. The average molecular weight is 281 g/mol. The van der Waals surface area contributed by atoms with Crippen molar-refractivity contribution in [3.8, 4) is 5.95 Å². The van der Waals surface area contributed by atoms with Crippen LogP contribution in [0.2, 0.25) is 0 Å². The zero-order chi connectivity index (χ0) is 15.0. The largest absolute Gasteiger partial charge is 0.328 e. The van der Waals surface area contributed by atoms with Crippen molar-refractivity contribution in [3.05, 3.63) is 47.5 Å². The van der Waals surface area contributed by atoms with E-state index in [0.29, 0.717) is 5.95 Å². The van der Waals surface area contributed by atoms with Gasteiger partial charge in [0.05, 0.1) is 11.0 Å². The van der Waals surface area contributed by atoms with E-state index in [-0.39, 0.29) is 6.04 Å². The number of nitrogens with zero attached hydrogens (tertiary/aromatic N) is 4. The van der Waals surface area contributed by atoms with Gasteiger partial charge >= 0.3 is 0 Å². The molecule has 3 aromatic rings. The van der Waals surface area contributed by atoms with Crippen LogP contribution in [0.1, 0.15) is 23.6 Å². The van der Waals surface area contributed by atoms with Gasteiger partial charge in [-0.1, -0.05) is 0 Å². The Balaban J connectivity index is 2.02. The number of imidazole rings is 1. The number of nitrogens with two attached hydrogens (primary N) is 1. The smallest absolute Gasteiger partial charge is 0.235 e. The molecule has 0 aliphatic carbocycles. The molecular weight excluding hydrogens is 262 g/mol. The summed E-state index contributed by atoms with van der Waals surface area (Å²) in [5, 5.41) is 0. The minimum absolute atomic E-state index is 0.110. The van der Waals surface area contributed by atoms with Crippen molar-refractivity contribution in [3.63, 3.8) is 0 Å². The van der Waals surface area contributed by atoms with Crippen LogP contribution in [0.3, 0.4) is 0 Å². The predicted molar refractivity (Wildman–Crippen MR) is 83.5 cm³/mol. The summed E-state index contributed by atoms with van der Waals surface area (Å²) in [7, 11) is 0. The first-order chi connectivity index (χ1) is 10.0. The zero-order valence-electron chi connectivity index (χ0n) is 12.5. The number of hydrogen-bond acceptors (Lipinski definition) is 4. The van der Waals surface area contributed by atoms with Crippen LogP contribution in [0.25, 0.3) is 17.0 Å². The molecule has 1 unspecified atom stereocenters. The summed E-state index contributed by atoms with van der Waals surface area (Å²) in [6.45, 7) is 6.16. The van der Waals surface area contributed by atoms with Crippen LogP contribution in [0.15, 0.2) is 30.9 Å². The molecule has 0 bridgehead atoms. The minimum Gasteiger partial charge on any atom is -0.328 e. The van der Waals surface area contributed by atoms with E-state index < -0.39 is 0 Å². The summed E-state index contributed by atoms with van der Waals surface area (Å²) in [4.78, 5) is 13.3. The Morgan fingerprint density at radius 1 is 1.10 bits per heavy atom. The Labute approximate surface area is 123 Å². The van der Waals surface area contributed by atoms with Gasteiger partial charge in [-0.3, -0.25) is 4.57 Å². The zero-order valence-corrected chi connectivity index (χ0v) is 12.5. The van der Waals surface area contributed by atoms with Gasteiger partial charge in [-0.15, -0.1) is 0 Å². The molecule has 0 amide bonds. The van der Waals surface area contributed by atoms with E-state index in [9.17, 15) is 0 Å². The number of hydrogen-bond donors (Lipinski definition) is 1. The highest BCUT2D eigenvalue weighted by Gasteiger charge is 2.09. The predicted octanol–water partition coefficient (Wildman–Crippen LogP) is 2.32. The van der Waals surface area contributed by atoms with Gasteiger partial charge in [0, 0.05) is 18.4 Å². The summed E-state index contributed by atoms with van der Waals surface area (Å²) in [6, 6.07) is 4.32. The fourth-order valence-corrected chi connectivity index (χ4v) is 2.37. The summed E-state index contributed by atoms with van der Waals surface area (Å²) < 4.78 is 1.91. The van der Waals surface area contributed by atoms with Gasteiger partial charge in [-0.25, -0.2) is 15.0 Å². The van der Waals surface area contributed by atoms with Crippen LogP contribution in [-0.4, -0.2) is 25.6 Å². The first kappa shape index (κ1) is 13.7. The normalized spacial score (nSPS) is 12.8. The lowest BCUT2D eigenvalue weighted by atomic mass is 10.1. The van der Waals surface area contributed by atoms with Gasteiger partial charge in [-0.2, -0.15) is 0 Å². The maximum absolute atomic E-state index is 5.79. The molecule has 0 saturated carbocycles. The third-order valence-electron chi connectivity index (χ3n) is 3.63. The van der Waals surface area contributed by atoms with Crippen molar-refractivity contribution >= 4 is 11.0 Å². The molecule has 0 aliphatic rings. The molecule has 0 aliphatic heterocycles. The third-order valence-corrected chi connectivity index (χ3v) is 3.63. The van der Waals surface area contributed by atoms with Crippen molar-refractivity contribution in [2.45, 2.75) is 33.2 Å². The molecular formula is C16H19N5. The Bertz CT molecular complexity index is 771. The second kappa shape index (κ2) is 5.26. The molecule has 0 radical (unpaired) electrons. The first-order valence-corrected chi connectivity index (χ1v) is 7.06. The van der Waals surface area contributed by atoms with Crippen molar-refractivity contribution < 1.29 is 0 Å². The van der Waals surface area contributed by atoms with E-state index in [1.54, 1.807) is 6.33 Å². The van der Waals surface area contributed by atoms with Gasteiger partial charge < -0.3 is 5.73 Å². The average Bonchev–Trinajstić information content (AvgIpc) is 2.82. The van der Waals surface area contributed by atoms with Crippen molar-refractivity contribution in [1.29, 1.82) is 0 Å². The van der Waals surface area contributed by atoms with Gasteiger partial charge in [0.1, 0.15) is 6.33 Å². The number of benzene rings is 1. The topological polar surface area (TPSA) is 69.6 Å². The molecule has 5 nitrogen and oxygen atoms in total. The molecule has 2 aromatic heterocycles. The highest BCUT2D eigenvalue weighted by molar-refractivity contribution is 5.78. The van der Waals surface area contributed by atoms with Gasteiger partial charge in [0.2, 0.25) is 5.95 Å². The molecule has 0 spiro atoms. The minimum atomic E-state index is 0.110. The van der Waals surface area contributed by atoms with Crippen LogP contribution >= 0.6 is 0 Å². The van der Waals surface area contributed by atoms with E-state index in [2.05, 4.69) is 40.9 Å². The fraction of sp³-hybridized carbons (Fsp3) is 0.312. The van der Waals surface area contributed by atoms with E-state index in [0.717, 1.165) is 23.0 Å². The van der Waals surface area contributed by atoms with Crippen LogP contribution in [-0.2, 0) is 6.42 Å². The third kappa shape index (κ3) is 2.64. The number of fused-ring (bicyclic) bond motifs is 1. The van der Waals surface area contributed by atoms with Crippen LogP contribution in [0, 0.1) is 13.8 Å². The van der Waals surface area contributed by atoms with E-state index in [4.69, 9.17) is 5.73 Å². The standard InChI is InChI=1S/C16H19N5/c1-10-4-14-15(5-11(10)2)21(9-20-14)16-18-7-13(8-19-16)6-12(3)17/h4-5,7-9,12H,6,17H2,1-3H3. The van der Waals surface area contributed by atoms with Crippen molar-refractivity contribution in [1.82, 2.24) is 19.5 Å². The van der Waals surface area contributed by atoms with Crippen LogP contribution in [0.5, 0.6) is 0 Å². The Morgan fingerprint density at radius 2 is 1.76 bits per heavy atom. The Hall–Kier alpha value is -2.27. The monoisotopic (exact) mass is 281 g/mol. The Morgan fingerprint density at radius 3 is 2.43 bits per heavy atom. The maximum atomic E-state index is 5.79. The first-order valence-electron chi connectivity index (χ1n) is 7.06. The highest BCUT2D eigenvalue weighted by Crippen LogP contribution is 2.20. The van der Waals surface area contributed by atoms with Crippen molar-refractivity contribution in [2.75, 3.05) is 0 Å². The molecule has 2 heterocycles. The quantitative estimate of drug-likeness (QED) is 0.800. The lowest BCUT2D eigenvalue weighted by Gasteiger charge is -2.07. The summed E-state index contributed by atoms with van der Waals surface area (Å²) in [5.41, 5.74) is 11.3. The molecule has 2 N–H and O–H groups in total. The van der Waals surface area contributed by atoms with E-state index >= 15 is 0 Å². The van der Waals surface area contributed by atoms with Crippen LogP contribution in [0.4, 0.5) is 0 Å². The van der Waals surface area contributed by atoms with Crippen molar-refractivity contribution in [2.24, 2.45) is 5.73 Å². The van der Waals surface area contributed by atoms with E-state index in [1.165, 1.54) is 11.1 Å². The number of aromatic nitrogens is 4. The highest BCUT2D eigenvalue weighted by atomic mass is 15.2. The summed E-state index contributed by atoms with van der Waals surface area (Å²) >= 11 is 0. The van der Waals surface area contributed by atoms with Gasteiger partial charge in [-0.05, 0) is 56.0 Å². The van der Waals surface area contributed by atoms with Crippen LogP contribution < -0.4 is 5.73 Å². The lowest BCUT2D eigenvalue weighted by Crippen LogP contribution is -2.18. The maximum Gasteiger partial charge on any atom is 0.235 e. The SMILES string of the molecule is Cc1cc2ncn(-c3ncc(CC(C)N)cn3)c2cc1C.